The highest BCUT2D eigenvalue weighted by molar-refractivity contribution is 6.69. The molecule has 0 aromatic carbocycles. The van der Waals surface area contributed by atoms with Crippen molar-refractivity contribution in [1.29, 1.82) is 0 Å². The largest absolute Gasteiger partial charge is 0.481 e. The first kappa shape index (κ1) is 26.0. The van der Waals surface area contributed by atoms with Crippen molar-refractivity contribution in [3.63, 3.8) is 0 Å². The van der Waals surface area contributed by atoms with E-state index in [9.17, 15) is 14.4 Å². The highest BCUT2D eigenvalue weighted by Crippen LogP contribution is 2.06. The standard InChI is InChI=1S/C18H34N4O7Si/c1-30(2,26)14-4-7-19-18(25)29-13-12-28-11-10-27-9-8-22-15-16(20-21-22)5-3-6-17(23)24/h15,26H,3-14H2,1-2H3,(H,19,25)(H,23,24). The maximum Gasteiger partial charge on any atom is 0.407 e. The summed E-state index contributed by atoms with van der Waals surface area (Å²) in [5.74, 6) is -0.812. The van der Waals surface area contributed by atoms with E-state index in [1.807, 2.05) is 13.1 Å². The van der Waals surface area contributed by atoms with Gasteiger partial charge < -0.3 is 29.4 Å². The van der Waals surface area contributed by atoms with E-state index >= 15 is 0 Å². The van der Waals surface area contributed by atoms with Crippen LogP contribution in [-0.4, -0.2) is 84.9 Å². The predicted octanol–water partition coefficient (Wildman–Crippen LogP) is 1.03. The minimum Gasteiger partial charge on any atom is -0.481 e. The van der Waals surface area contributed by atoms with Gasteiger partial charge in [0.25, 0.3) is 0 Å². The molecule has 0 aliphatic carbocycles. The van der Waals surface area contributed by atoms with E-state index in [4.69, 9.17) is 19.3 Å². The van der Waals surface area contributed by atoms with Gasteiger partial charge in [0.1, 0.15) is 6.61 Å². The zero-order chi connectivity index (χ0) is 22.2. The first-order chi connectivity index (χ1) is 14.3. The Hall–Kier alpha value is -2.02. The number of amides is 1. The van der Waals surface area contributed by atoms with Crippen LogP contribution in [0.2, 0.25) is 19.1 Å². The van der Waals surface area contributed by atoms with Gasteiger partial charge in [-0.05, 0) is 38.4 Å². The fraction of sp³-hybridized carbons (Fsp3) is 0.778. The Kier molecular flexibility index (Phi) is 12.9. The number of carboxylic acid groups (broad SMARTS) is 1. The monoisotopic (exact) mass is 446 g/mol. The van der Waals surface area contributed by atoms with Gasteiger partial charge in [-0.25, -0.2) is 9.48 Å². The number of nitrogens with one attached hydrogen (secondary N) is 1. The van der Waals surface area contributed by atoms with Crippen LogP contribution in [0.15, 0.2) is 6.20 Å². The van der Waals surface area contributed by atoms with Gasteiger partial charge in [0.15, 0.2) is 8.32 Å². The van der Waals surface area contributed by atoms with E-state index in [0.29, 0.717) is 45.8 Å². The van der Waals surface area contributed by atoms with Crippen molar-refractivity contribution in [2.75, 3.05) is 39.6 Å². The fourth-order valence-electron chi connectivity index (χ4n) is 2.42. The normalized spacial score (nSPS) is 11.4. The van der Waals surface area contributed by atoms with Crippen LogP contribution in [0.3, 0.4) is 0 Å². The summed E-state index contributed by atoms with van der Waals surface area (Å²) in [5, 5.41) is 19.2. The number of carboxylic acids is 1. The molecule has 1 rings (SSSR count). The number of nitrogens with zero attached hydrogens (tertiary/aromatic N) is 3. The molecule has 12 heteroatoms. The highest BCUT2D eigenvalue weighted by atomic mass is 28.4. The molecule has 30 heavy (non-hydrogen) atoms. The van der Waals surface area contributed by atoms with Gasteiger partial charge in [-0.3, -0.25) is 4.79 Å². The van der Waals surface area contributed by atoms with Gasteiger partial charge in [-0.2, -0.15) is 0 Å². The number of carbonyl (C=O) groups excluding carboxylic acids is 1. The number of aromatic nitrogens is 3. The van der Waals surface area contributed by atoms with E-state index in [1.54, 1.807) is 10.9 Å². The molecule has 3 N–H and O–H groups in total. The Morgan fingerprint density at radius 1 is 1.13 bits per heavy atom. The van der Waals surface area contributed by atoms with Gasteiger partial charge in [0.2, 0.25) is 0 Å². The van der Waals surface area contributed by atoms with Crippen molar-refractivity contribution in [3.05, 3.63) is 11.9 Å². The van der Waals surface area contributed by atoms with E-state index in [-0.39, 0.29) is 19.6 Å². The summed E-state index contributed by atoms with van der Waals surface area (Å²) in [6.07, 6.45) is 3.29. The van der Waals surface area contributed by atoms with E-state index in [2.05, 4.69) is 15.6 Å². The average molecular weight is 447 g/mol. The predicted molar refractivity (Wildman–Crippen MR) is 111 cm³/mol. The highest BCUT2D eigenvalue weighted by Gasteiger charge is 2.15. The Morgan fingerprint density at radius 3 is 2.53 bits per heavy atom. The molecular weight excluding hydrogens is 412 g/mol. The summed E-state index contributed by atoms with van der Waals surface area (Å²) < 4.78 is 17.4. The Labute approximate surface area is 177 Å². The molecule has 11 nitrogen and oxygen atoms in total. The van der Waals surface area contributed by atoms with Crippen LogP contribution in [-0.2, 0) is 32.0 Å². The lowest BCUT2D eigenvalue weighted by molar-refractivity contribution is -0.137. The maximum atomic E-state index is 11.5. The lowest BCUT2D eigenvalue weighted by atomic mass is 10.2. The third kappa shape index (κ3) is 14.9. The molecule has 0 saturated carbocycles. The quantitative estimate of drug-likeness (QED) is 0.236. The van der Waals surface area contributed by atoms with Crippen LogP contribution < -0.4 is 5.32 Å². The van der Waals surface area contributed by atoms with Gasteiger partial charge >= 0.3 is 12.1 Å². The molecule has 0 spiro atoms. The van der Waals surface area contributed by atoms with Crippen LogP contribution >= 0.6 is 0 Å². The van der Waals surface area contributed by atoms with Crippen molar-refractivity contribution in [2.45, 2.75) is 51.4 Å². The van der Waals surface area contributed by atoms with Crippen LogP contribution in [0.5, 0.6) is 0 Å². The summed E-state index contributed by atoms with van der Waals surface area (Å²) in [4.78, 5) is 31.7. The lowest BCUT2D eigenvalue weighted by Gasteiger charge is -2.13. The second-order valence-electron chi connectivity index (χ2n) is 7.42. The number of hydrogen-bond acceptors (Lipinski definition) is 8. The van der Waals surface area contributed by atoms with Gasteiger partial charge in [0, 0.05) is 19.2 Å². The fourth-order valence-corrected chi connectivity index (χ4v) is 3.46. The average Bonchev–Trinajstić information content (AvgIpc) is 3.10. The number of ether oxygens (including phenoxy) is 3. The molecular formula is C18H34N4O7Si. The summed E-state index contributed by atoms with van der Waals surface area (Å²) in [6.45, 7) is 6.46. The van der Waals surface area contributed by atoms with Crippen molar-refractivity contribution in [1.82, 2.24) is 20.3 Å². The molecule has 172 valence electrons. The molecule has 0 bridgehead atoms. The molecule has 0 unspecified atom stereocenters. The molecule has 1 amide bonds. The van der Waals surface area contributed by atoms with Crippen LogP contribution in [0.4, 0.5) is 4.79 Å². The smallest absolute Gasteiger partial charge is 0.407 e. The number of hydrogen-bond donors (Lipinski definition) is 3. The molecule has 1 aromatic heterocycles. The number of rotatable bonds is 17. The van der Waals surface area contributed by atoms with Crippen molar-refractivity contribution >= 4 is 20.4 Å². The third-order valence-corrected chi connectivity index (χ3v) is 5.52. The van der Waals surface area contributed by atoms with Crippen molar-refractivity contribution < 1.29 is 33.7 Å². The SMILES string of the molecule is C[Si](C)(O)CCCNC(=O)OCCOCCOCCn1cc(CCCC(=O)O)nn1. The van der Waals surface area contributed by atoms with Gasteiger partial charge in [-0.1, -0.05) is 5.21 Å². The third-order valence-electron chi connectivity index (χ3n) is 3.94. The molecule has 0 saturated heterocycles. The molecule has 0 aliphatic rings. The lowest BCUT2D eigenvalue weighted by Crippen LogP contribution is -2.30. The zero-order valence-corrected chi connectivity index (χ0v) is 18.8. The molecule has 1 heterocycles. The molecule has 0 fully saturated rings. The summed E-state index contributed by atoms with van der Waals surface area (Å²) in [6, 6.07) is 0.737. The summed E-state index contributed by atoms with van der Waals surface area (Å²) in [5.41, 5.74) is 0.766. The van der Waals surface area contributed by atoms with Crippen molar-refractivity contribution in [3.8, 4) is 0 Å². The number of aliphatic carboxylic acids is 1. The number of carbonyl (C=O) groups is 2. The zero-order valence-electron chi connectivity index (χ0n) is 17.8. The Morgan fingerprint density at radius 2 is 1.83 bits per heavy atom. The summed E-state index contributed by atoms with van der Waals surface area (Å²) >= 11 is 0. The van der Waals surface area contributed by atoms with Crippen LogP contribution in [0.25, 0.3) is 0 Å². The molecule has 0 radical (unpaired) electrons. The minimum atomic E-state index is -2.06. The number of alkyl carbamates (subject to hydrolysis) is 1. The van der Waals surface area contributed by atoms with Crippen LogP contribution in [0.1, 0.15) is 25.0 Å². The first-order valence-electron chi connectivity index (χ1n) is 10.2. The summed E-state index contributed by atoms with van der Waals surface area (Å²) in [7, 11) is -2.06. The van der Waals surface area contributed by atoms with E-state index in [0.717, 1.165) is 18.2 Å². The Balaban J connectivity index is 1.91. The second-order valence-corrected chi connectivity index (χ2v) is 11.5. The van der Waals surface area contributed by atoms with Gasteiger partial charge in [-0.15, -0.1) is 5.10 Å². The van der Waals surface area contributed by atoms with Crippen LogP contribution in [0, 0.1) is 0 Å². The Bertz CT molecular complexity index is 622. The molecule has 1 aromatic rings. The van der Waals surface area contributed by atoms with Crippen molar-refractivity contribution in [2.24, 2.45) is 0 Å². The second kappa shape index (κ2) is 14.9. The molecule has 0 atom stereocenters. The topological polar surface area (TPSA) is 145 Å². The maximum absolute atomic E-state index is 11.5. The number of aryl methyl sites for hydroxylation is 1. The van der Waals surface area contributed by atoms with E-state index < -0.39 is 20.4 Å². The minimum absolute atomic E-state index is 0.121. The first-order valence-corrected chi connectivity index (χ1v) is 13.3. The molecule has 0 aliphatic heterocycles. The van der Waals surface area contributed by atoms with E-state index in [1.165, 1.54) is 0 Å². The van der Waals surface area contributed by atoms with Gasteiger partial charge in [0.05, 0.1) is 38.7 Å².